The molecule has 2 aliphatic heterocycles. The zero-order chi connectivity index (χ0) is 32.5. The molecule has 1 saturated heterocycles. The highest BCUT2D eigenvalue weighted by molar-refractivity contribution is 7.80. The van der Waals surface area contributed by atoms with Crippen molar-refractivity contribution in [2.24, 2.45) is 11.8 Å². The van der Waals surface area contributed by atoms with Crippen LogP contribution in [0.1, 0.15) is 92.0 Å². The molecule has 4 rings (SSSR count). The summed E-state index contributed by atoms with van der Waals surface area (Å²) in [5, 5.41) is 25.0. The Morgan fingerprint density at radius 2 is 1.55 bits per heavy atom. The number of carboxylic acid groups (broad SMARTS) is 2. The summed E-state index contributed by atoms with van der Waals surface area (Å²) in [7, 11) is 0. The predicted octanol–water partition coefficient (Wildman–Crippen LogP) is 4.39. The van der Waals surface area contributed by atoms with Gasteiger partial charge in [0, 0.05) is 82.9 Å². The molecule has 2 amide bonds. The lowest BCUT2D eigenvalue weighted by Crippen LogP contribution is -2.34. The number of hydrogen-bond donors (Lipinski definition) is 7. The van der Waals surface area contributed by atoms with Gasteiger partial charge in [-0.1, -0.05) is 20.8 Å². The molecular formula is C33H44N4O6S. The van der Waals surface area contributed by atoms with E-state index in [-0.39, 0.29) is 47.8 Å². The number of thiol groups is 1. The van der Waals surface area contributed by atoms with E-state index in [1.54, 1.807) is 0 Å². The highest BCUT2D eigenvalue weighted by Crippen LogP contribution is 2.34. The fourth-order valence-electron chi connectivity index (χ4n) is 6.88. The summed E-state index contributed by atoms with van der Waals surface area (Å²) >= 11 is 4.67. The molecule has 6 N–H and O–H groups in total. The van der Waals surface area contributed by atoms with E-state index in [2.05, 4.69) is 33.2 Å². The first-order valence-corrected chi connectivity index (χ1v) is 15.8. The molecule has 0 saturated carbocycles. The molecule has 0 bridgehead atoms. The summed E-state index contributed by atoms with van der Waals surface area (Å²) in [5.41, 5.74) is 9.47. The SMILES string of the molecule is CCC1=C(C)/C(=C/c2[nH]c(Cc3[nH]c(CC4NC(=O)[C@H](C)[C@H]4[C@@H](C)S)c(C)c3CCC(=O)O)c(CCC(=O)O)c2C)NC1=O. The molecule has 44 heavy (non-hydrogen) atoms. The molecule has 10 nitrogen and oxygen atoms in total. The minimum Gasteiger partial charge on any atom is -0.481 e. The van der Waals surface area contributed by atoms with Gasteiger partial charge in [0.05, 0.1) is 0 Å². The summed E-state index contributed by atoms with van der Waals surface area (Å²) in [6, 6.07) is -0.106. The average Bonchev–Trinajstić information content (AvgIpc) is 3.59. The lowest BCUT2D eigenvalue weighted by atomic mass is 9.86. The Balaban J connectivity index is 1.74. The van der Waals surface area contributed by atoms with E-state index in [9.17, 15) is 29.4 Å². The van der Waals surface area contributed by atoms with E-state index >= 15 is 0 Å². The lowest BCUT2D eigenvalue weighted by molar-refractivity contribution is -0.138. The predicted molar refractivity (Wildman–Crippen MR) is 172 cm³/mol. The highest BCUT2D eigenvalue weighted by atomic mass is 32.1. The maximum Gasteiger partial charge on any atom is 0.303 e. The van der Waals surface area contributed by atoms with Crippen LogP contribution in [0.15, 0.2) is 16.8 Å². The van der Waals surface area contributed by atoms with E-state index in [4.69, 9.17) is 0 Å². The van der Waals surface area contributed by atoms with Crippen molar-refractivity contribution in [1.82, 2.24) is 20.6 Å². The van der Waals surface area contributed by atoms with Gasteiger partial charge in [-0.2, -0.15) is 12.6 Å². The summed E-state index contributed by atoms with van der Waals surface area (Å²) < 4.78 is 0. The van der Waals surface area contributed by atoms with Crippen molar-refractivity contribution < 1.29 is 29.4 Å². The Kier molecular flexibility index (Phi) is 10.2. The Bertz CT molecular complexity index is 1550. The average molecular weight is 625 g/mol. The monoisotopic (exact) mass is 624 g/mol. The van der Waals surface area contributed by atoms with E-state index in [1.807, 2.05) is 47.6 Å². The number of carbonyl (C=O) groups excluding carboxylic acids is 2. The highest BCUT2D eigenvalue weighted by Gasteiger charge is 2.41. The molecule has 1 unspecified atom stereocenters. The maximum atomic E-state index is 12.5. The minimum atomic E-state index is -0.896. The molecule has 0 spiro atoms. The Hall–Kier alpha value is -3.73. The fraction of sp³-hybridized carbons (Fsp3) is 0.515. The second kappa shape index (κ2) is 13.5. The molecule has 4 heterocycles. The third kappa shape index (κ3) is 6.82. The quantitative estimate of drug-likeness (QED) is 0.163. The number of carboxylic acids is 2. The number of amides is 2. The Labute approximate surface area is 263 Å². The molecular weight excluding hydrogens is 580 g/mol. The van der Waals surface area contributed by atoms with Gasteiger partial charge in [0.15, 0.2) is 0 Å². The molecule has 2 aromatic heterocycles. The summed E-state index contributed by atoms with van der Waals surface area (Å²) in [4.78, 5) is 55.2. The number of hydrogen-bond acceptors (Lipinski definition) is 5. The largest absolute Gasteiger partial charge is 0.481 e. The van der Waals surface area contributed by atoms with E-state index in [0.29, 0.717) is 37.8 Å². The molecule has 11 heteroatoms. The van der Waals surface area contributed by atoms with E-state index < -0.39 is 11.9 Å². The van der Waals surface area contributed by atoms with Crippen LogP contribution in [0.5, 0.6) is 0 Å². The van der Waals surface area contributed by atoms with Gasteiger partial charge in [0.25, 0.3) is 5.91 Å². The van der Waals surface area contributed by atoms with E-state index in [1.165, 1.54) is 0 Å². The number of aromatic nitrogens is 2. The van der Waals surface area contributed by atoms with Gasteiger partial charge in [-0.3, -0.25) is 19.2 Å². The Morgan fingerprint density at radius 1 is 0.955 bits per heavy atom. The smallest absolute Gasteiger partial charge is 0.303 e. The van der Waals surface area contributed by atoms with Crippen molar-refractivity contribution in [3.05, 3.63) is 61.9 Å². The van der Waals surface area contributed by atoms with Crippen molar-refractivity contribution in [3.63, 3.8) is 0 Å². The summed E-state index contributed by atoms with van der Waals surface area (Å²) in [6.45, 7) is 11.7. The molecule has 0 aromatic carbocycles. The minimum absolute atomic E-state index is 0.0117. The van der Waals surface area contributed by atoms with Gasteiger partial charge in [-0.05, 0) is 73.9 Å². The first kappa shape index (κ1) is 33.2. The van der Waals surface area contributed by atoms with Gasteiger partial charge < -0.3 is 30.8 Å². The van der Waals surface area contributed by atoms with Crippen molar-refractivity contribution in [2.45, 2.75) is 97.8 Å². The van der Waals surface area contributed by atoms with Crippen LogP contribution in [0, 0.1) is 25.7 Å². The molecule has 0 radical (unpaired) electrons. The van der Waals surface area contributed by atoms with E-state index in [0.717, 1.165) is 56.2 Å². The topological polar surface area (TPSA) is 164 Å². The van der Waals surface area contributed by atoms with Gasteiger partial charge in [-0.15, -0.1) is 0 Å². The second-order valence-corrected chi connectivity index (χ2v) is 13.0. The number of carbonyl (C=O) groups is 4. The van der Waals surface area contributed by atoms with Crippen LogP contribution in [0.4, 0.5) is 0 Å². The van der Waals surface area contributed by atoms with Crippen LogP contribution in [0.25, 0.3) is 6.08 Å². The molecule has 4 atom stereocenters. The second-order valence-electron chi connectivity index (χ2n) is 12.2. The molecule has 0 aliphatic carbocycles. The van der Waals surface area contributed by atoms with Crippen molar-refractivity contribution in [2.75, 3.05) is 0 Å². The number of aliphatic carboxylic acids is 2. The number of allylic oxidation sites excluding steroid dienone is 1. The summed E-state index contributed by atoms with van der Waals surface area (Å²) in [6.07, 6.45) is 4.09. The first-order valence-electron chi connectivity index (χ1n) is 15.3. The molecule has 2 aliphatic rings. The lowest BCUT2D eigenvalue weighted by Gasteiger charge is -2.24. The summed E-state index contributed by atoms with van der Waals surface area (Å²) in [5.74, 6) is -1.99. The zero-order valence-electron chi connectivity index (χ0n) is 26.3. The number of H-pyrrole nitrogens is 2. The molecule has 238 valence electrons. The van der Waals surface area contributed by atoms with Crippen molar-refractivity contribution in [1.29, 1.82) is 0 Å². The van der Waals surface area contributed by atoms with Crippen molar-refractivity contribution in [3.8, 4) is 0 Å². The Morgan fingerprint density at radius 3 is 2.09 bits per heavy atom. The third-order valence-electron chi connectivity index (χ3n) is 9.39. The zero-order valence-corrected chi connectivity index (χ0v) is 27.2. The van der Waals surface area contributed by atoms with Gasteiger partial charge >= 0.3 is 11.9 Å². The van der Waals surface area contributed by atoms with Crippen LogP contribution in [-0.4, -0.2) is 55.2 Å². The van der Waals surface area contributed by atoms with Gasteiger partial charge in [0.2, 0.25) is 5.91 Å². The molecule has 1 fully saturated rings. The molecule has 2 aromatic rings. The van der Waals surface area contributed by atoms with Crippen LogP contribution in [0.2, 0.25) is 0 Å². The van der Waals surface area contributed by atoms with Gasteiger partial charge in [-0.25, -0.2) is 0 Å². The standard InChI is InChI=1S/C33H44N4O6S/c1-7-20-15(2)25(36-33(20)43)12-23-16(3)21(8-10-29(38)39)26(34-23)14-27-22(9-11-30(40)41)17(4)24(35-27)13-28-31(19(6)44)18(5)32(42)37-28/h12,18-19,28,31,34-35,44H,7-11,13-14H2,1-6H3,(H,36,43)(H,37,42)(H,38,39)(H,40,41)/b25-12-/t18-,19-,28?,31+/m1/s1. The van der Waals surface area contributed by atoms with Crippen LogP contribution >= 0.6 is 12.6 Å². The van der Waals surface area contributed by atoms with Crippen LogP contribution in [-0.2, 0) is 44.9 Å². The van der Waals surface area contributed by atoms with Crippen LogP contribution in [0.3, 0.4) is 0 Å². The van der Waals surface area contributed by atoms with Gasteiger partial charge in [0.1, 0.15) is 0 Å². The van der Waals surface area contributed by atoms with Crippen LogP contribution < -0.4 is 10.6 Å². The fourth-order valence-corrected chi connectivity index (χ4v) is 7.35. The number of rotatable bonds is 13. The first-order chi connectivity index (χ1) is 20.7. The maximum absolute atomic E-state index is 12.5. The van der Waals surface area contributed by atoms with Crippen molar-refractivity contribution >= 4 is 42.5 Å². The normalized spacial score (nSPS) is 21.7. The number of aromatic amines is 2. The third-order valence-corrected chi connectivity index (χ3v) is 9.74. The number of nitrogens with one attached hydrogen (secondary N) is 4.